The van der Waals surface area contributed by atoms with Crippen LogP contribution in [0.3, 0.4) is 0 Å². The van der Waals surface area contributed by atoms with E-state index >= 15 is 0 Å². The number of aromatic amines is 1. The molecule has 4 rings (SSSR count). The molecule has 0 aliphatic carbocycles. The zero-order valence-corrected chi connectivity index (χ0v) is 18.1. The van der Waals surface area contributed by atoms with Crippen molar-refractivity contribution in [3.63, 3.8) is 0 Å². The number of benzene rings is 1. The van der Waals surface area contributed by atoms with Crippen molar-refractivity contribution in [3.05, 3.63) is 71.6 Å². The molecule has 3 heterocycles. The van der Waals surface area contributed by atoms with Crippen LogP contribution < -0.4 is 10.6 Å². The molecule has 0 aliphatic heterocycles. The van der Waals surface area contributed by atoms with Crippen molar-refractivity contribution < 1.29 is 9.59 Å². The fraction of sp³-hybridized carbons (Fsp3) is 0.238. The van der Waals surface area contributed by atoms with Gasteiger partial charge in [0.15, 0.2) is 0 Å². The molecule has 12 heteroatoms. The summed E-state index contributed by atoms with van der Waals surface area (Å²) in [6, 6.07) is 8.51. The van der Waals surface area contributed by atoms with Gasteiger partial charge in [-0.15, -0.1) is 10.2 Å². The molecule has 2 amide bonds. The highest BCUT2D eigenvalue weighted by Gasteiger charge is 2.16. The molecule has 1 aromatic carbocycles. The lowest BCUT2D eigenvalue weighted by Gasteiger charge is -2.14. The van der Waals surface area contributed by atoms with E-state index in [4.69, 9.17) is 0 Å². The Balaban J connectivity index is 1.37. The van der Waals surface area contributed by atoms with E-state index in [-0.39, 0.29) is 17.4 Å². The maximum absolute atomic E-state index is 12.7. The molecule has 0 bridgehead atoms. The molecule has 4 aromatic rings. The SMILES string of the molecule is CCn1cc(CNC(=O)c2cc(C(=O)N[C@@H](C)c3ccc(-c4nn[nH]n4)cc3)ncn2)cn1. The zero-order valence-electron chi connectivity index (χ0n) is 18.1. The second-order valence-electron chi connectivity index (χ2n) is 7.23. The molecule has 0 aliphatic rings. The highest BCUT2D eigenvalue weighted by Crippen LogP contribution is 2.18. The van der Waals surface area contributed by atoms with E-state index in [1.54, 1.807) is 10.9 Å². The molecule has 0 saturated carbocycles. The summed E-state index contributed by atoms with van der Waals surface area (Å²) in [5.74, 6) is -0.324. The smallest absolute Gasteiger partial charge is 0.270 e. The van der Waals surface area contributed by atoms with Crippen molar-refractivity contribution in [2.24, 2.45) is 0 Å². The Kier molecular flexibility index (Phi) is 6.43. The van der Waals surface area contributed by atoms with Gasteiger partial charge < -0.3 is 10.6 Å². The van der Waals surface area contributed by atoms with Crippen LogP contribution >= 0.6 is 0 Å². The zero-order chi connectivity index (χ0) is 23.2. The van der Waals surface area contributed by atoms with E-state index in [0.717, 1.165) is 23.2 Å². The number of aromatic nitrogens is 8. The third-order valence-electron chi connectivity index (χ3n) is 4.96. The first kappa shape index (κ1) is 21.7. The molecule has 168 valence electrons. The lowest BCUT2D eigenvalue weighted by atomic mass is 10.1. The quantitative estimate of drug-likeness (QED) is 0.365. The number of carbonyl (C=O) groups is 2. The summed E-state index contributed by atoms with van der Waals surface area (Å²) in [6.07, 6.45) is 4.75. The fourth-order valence-corrected chi connectivity index (χ4v) is 3.11. The van der Waals surface area contributed by atoms with E-state index in [9.17, 15) is 9.59 Å². The van der Waals surface area contributed by atoms with Gasteiger partial charge in [0.05, 0.1) is 12.2 Å². The van der Waals surface area contributed by atoms with Gasteiger partial charge in [0, 0.05) is 36.5 Å². The number of aryl methyl sites for hydroxylation is 1. The maximum atomic E-state index is 12.7. The molecule has 33 heavy (non-hydrogen) atoms. The van der Waals surface area contributed by atoms with Gasteiger partial charge in [-0.2, -0.15) is 10.3 Å². The molecule has 0 saturated heterocycles. The lowest BCUT2D eigenvalue weighted by Crippen LogP contribution is -2.29. The van der Waals surface area contributed by atoms with E-state index < -0.39 is 11.8 Å². The number of hydrogen-bond donors (Lipinski definition) is 3. The minimum Gasteiger partial charge on any atom is -0.347 e. The van der Waals surface area contributed by atoms with Crippen LogP contribution in [-0.4, -0.2) is 52.2 Å². The van der Waals surface area contributed by atoms with Crippen LogP contribution in [-0.2, 0) is 13.1 Å². The Hall–Kier alpha value is -4.48. The van der Waals surface area contributed by atoms with Crippen LogP contribution in [0.15, 0.2) is 49.1 Å². The van der Waals surface area contributed by atoms with Crippen molar-refractivity contribution in [1.29, 1.82) is 0 Å². The largest absolute Gasteiger partial charge is 0.347 e. The highest BCUT2D eigenvalue weighted by molar-refractivity contribution is 5.97. The fourth-order valence-electron chi connectivity index (χ4n) is 3.11. The third kappa shape index (κ3) is 5.23. The standard InChI is InChI=1S/C21H22N10O2/c1-3-31-11-14(10-25-31)9-22-20(32)17-8-18(24-12-23-17)21(33)26-13(2)15-4-6-16(7-5-15)19-27-29-30-28-19/h4-8,10-13H,3,9H2,1-2H3,(H,22,32)(H,26,33)(H,27,28,29,30)/t13-/m0/s1. The topological polar surface area (TPSA) is 156 Å². The third-order valence-corrected chi connectivity index (χ3v) is 4.96. The number of carbonyl (C=O) groups excluding carboxylic acids is 2. The van der Waals surface area contributed by atoms with Gasteiger partial charge in [-0.25, -0.2) is 9.97 Å². The van der Waals surface area contributed by atoms with Gasteiger partial charge in [-0.3, -0.25) is 14.3 Å². The van der Waals surface area contributed by atoms with Crippen molar-refractivity contribution in [3.8, 4) is 11.4 Å². The molecule has 0 fully saturated rings. The number of tetrazole rings is 1. The Bertz CT molecular complexity index is 1230. The van der Waals surface area contributed by atoms with Crippen LogP contribution in [0.2, 0.25) is 0 Å². The summed E-state index contributed by atoms with van der Waals surface area (Å²) < 4.78 is 1.77. The summed E-state index contributed by atoms with van der Waals surface area (Å²) in [6.45, 7) is 4.89. The van der Waals surface area contributed by atoms with Gasteiger partial charge in [-0.1, -0.05) is 24.3 Å². The van der Waals surface area contributed by atoms with E-state index in [0.29, 0.717) is 12.4 Å². The Morgan fingerprint density at radius 2 is 1.88 bits per heavy atom. The average Bonchev–Trinajstić information content (AvgIpc) is 3.55. The number of amides is 2. The first-order chi connectivity index (χ1) is 16.0. The maximum Gasteiger partial charge on any atom is 0.270 e. The Morgan fingerprint density at radius 1 is 1.12 bits per heavy atom. The number of rotatable bonds is 8. The molecule has 3 aromatic heterocycles. The predicted molar refractivity (Wildman–Crippen MR) is 117 cm³/mol. The molecule has 1 atom stereocenters. The van der Waals surface area contributed by atoms with Gasteiger partial charge in [0.2, 0.25) is 5.82 Å². The summed E-state index contributed by atoms with van der Waals surface area (Å²) in [7, 11) is 0. The average molecular weight is 446 g/mol. The normalized spacial score (nSPS) is 11.7. The first-order valence-corrected chi connectivity index (χ1v) is 10.3. The van der Waals surface area contributed by atoms with Gasteiger partial charge >= 0.3 is 0 Å². The monoisotopic (exact) mass is 446 g/mol. The Labute approximate surface area is 188 Å². The summed E-state index contributed by atoms with van der Waals surface area (Å²) in [4.78, 5) is 33.1. The highest BCUT2D eigenvalue weighted by atomic mass is 16.2. The molecule has 0 radical (unpaired) electrons. The van der Waals surface area contributed by atoms with Crippen molar-refractivity contribution in [2.75, 3.05) is 0 Å². The van der Waals surface area contributed by atoms with Gasteiger partial charge in [0.25, 0.3) is 11.8 Å². The molecule has 0 spiro atoms. The van der Waals surface area contributed by atoms with Crippen molar-refractivity contribution in [2.45, 2.75) is 33.0 Å². The number of nitrogens with one attached hydrogen (secondary N) is 3. The molecule has 0 unspecified atom stereocenters. The lowest BCUT2D eigenvalue weighted by molar-refractivity contribution is 0.0934. The summed E-state index contributed by atoms with van der Waals surface area (Å²) >= 11 is 0. The Morgan fingerprint density at radius 3 is 2.55 bits per heavy atom. The van der Waals surface area contributed by atoms with E-state index in [1.165, 1.54) is 12.4 Å². The van der Waals surface area contributed by atoms with Crippen molar-refractivity contribution >= 4 is 11.8 Å². The molecular formula is C21H22N10O2. The summed E-state index contributed by atoms with van der Waals surface area (Å²) in [5, 5.41) is 23.6. The minimum atomic E-state index is -0.412. The molecule has 12 nitrogen and oxygen atoms in total. The minimum absolute atomic E-state index is 0.101. The van der Waals surface area contributed by atoms with Crippen molar-refractivity contribution in [1.82, 2.24) is 51.0 Å². The summed E-state index contributed by atoms with van der Waals surface area (Å²) in [5.41, 5.74) is 2.77. The second kappa shape index (κ2) is 9.77. The van der Waals surface area contributed by atoms with Crippen LogP contribution in [0, 0.1) is 0 Å². The van der Waals surface area contributed by atoms with Crippen LogP contribution in [0.25, 0.3) is 11.4 Å². The number of hydrogen-bond acceptors (Lipinski definition) is 8. The number of H-pyrrole nitrogens is 1. The van der Waals surface area contributed by atoms with E-state index in [1.807, 2.05) is 44.3 Å². The first-order valence-electron chi connectivity index (χ1n) is 10.3. The van der Waals surface area contributed by atoms with Gasteiger partial charge in [-0.05, 0) is 24.6 Å². The number of nitrogens with zero attached hydrogens (tertiary/aromatic N) is 7. The van der Waals surface area contributed by atoms with Crippen LogP contribution in [0.4, 0.5) is 0 Å². The molecular weight excluding hydrogens is 424 g/mol. The van der Waals surface area contributed by atoms with Gasteiger partial charge in [0.1, 0.15) is 17.7 Å². The van der Waals surface area contributed by atoms with Crippen LogP contribution in [0.1, 0.15) is 52.0 Å². The van der Waals surface area contributed by atoms with Crippen LogP contribution in [0.5, 0.6) is 0 Å². The molecule has 3 N–H and O–H groups in total. The second-order valence-corrected chi connectivity index (χ2v) is 7.23. The van der Waals surface area contributed by atoms with E-state index in [2.05, 4.69) is 46.3 Å². The predicted octanol–water partition coefficient (Wildman–Crippen LogP) is 1.29.